The Bertz CT molecular complexity index is 500. The van der Waals surface area contributed by atoms with Crippen molar-refractivity contribution in [2.45, 2.75) is 26.2 Å². The summed E-state index contributed by atoms with van der Waals surface area (Å²) >= 11 is 3.39. The Morgan fingerprint density at radius 3 is 2.63 bits per heavy atom. The van der Waals surface area contributed by atoms with Crippen molar-refractivity contribution in [2.24, 2.45) is 5.41 Å². The van der Waals surface area contributed by atoms with E-state index in [1.165, 1.54) is 13.0 Å². The summed E-state index contributed by atoms with van der Waals surface area (Å²) in [5, 5.41) is 3.65. The molecule has 0 aromatic heterocycles. The first-order valence-corrected chi connectivity index (χ1v) is 7.39. The lowest BCUT2D eigenvalue weighted by molar-refractivity contribution is 0.0940. The van der Waals surface area contributed by atoms with Crippen molar-refractivity contribution in [2.75, 3.05) is 11.9 Å². The molecule has 2 rings (SSSR count). The van der Waals surface area contributed by atoms with Crippen LogP contribution in [0.4, 0.5) is 8.78 Å². The SMILES string of the molecule is Cc1cc(C(=O)NCC2(CCBr)CC2)c(F)cc1F. The van der Waals surface area contributed by atoms with E-state index in [2.05, 4.69) is 21.2 Å². The first kappa shape index (κ1) is 14.4. The topological polar surface area (TPSA) is 29.1 Å². The van der Waals surface area contributed by atoms with Crippen LogP contribution in [-0.4, -0.2) is 17.8 Å². The van der Waals surface area contributed by atoms with E-state index in [0.717, 1.165) is 30.7 Å². The van der Waals surface area contributed by atoms with Crippen LogP contribution in [0.5, 0.6) is 0 Å². The molecular weight excluding hydrogens is 316 g/mol. The average molecular weight is 332 g/mol. The molecule has 1 N–H and O–H groups in total. The number of alkyl halides is 1. The summed E-state index contributed by atoms with van der Waals surface area (Å²) < 4.78 is 26.7. The van der Waals surface area contributed by atoms with E-state index in [9.17, 15) is 13.6 Å². The van der Waals surface area contributed by atoms with E-state index < -0.39 is 17.5 Å². The van der Waals surface area contributed by atoms with Gasteiger partial charge in [0.15, 0.2) is 0 Å². The van der Waals surface area contributed by atoms with E-state index in [0.29, 0.717) is 6.54 Å². The standard InChI is InChI=1S/C14H16BrF2NO/c1-9-6-10(12(17)7-11(9)16)13(19)18-8-14(2-3-14)4-5-15/h6-7H,2-5,8H2,1H3,(H,18,19). The van der Waals surface area contributed by atoms with Gasteiger partial charge in [0.25, 0.3) is 5.91 Å². The van der Waals surface area contributed by atoms with Gasteiger partial charge in [-0.15, -0.1) is 0 Å². The zero-order chi connectivity index (χ0) is 14.0. The van der Waals surface area contributed by atoms with E-state index in [1.807, 2.05) is 0 Å². The van der Waals surface area contributed by atoms with Crippen LogP contribution in [0.1, 0.15) is 35.2 Å². The van der Waals surface area contributed by atoms with Crippen molar-refractivity contribution < 1.29 is 13.6 Å². The molecule has 1 aromatic carbocycles. The number of aryl methyl sites for hydroxylation is 1. The smallest absolute Gasteiger partial charge is 0.254 e. The molecular formula is C14H16BrF2NO. The van der Waals surface area contributed by atoms with Gasteiger partial charge >= 0.3 is 0 Å². The second-order valence-corrected chi connectivity index (χ2v) is 6.00. The molecule has 0 atom stereocenters. The molecule has 19 heavy (non-hydrogen) atoms. The Morgan fingerprint density at radius 2 is 2.05 bits per heavy atom. The monoisotopic (exact) mass is 331 g/mol. The molecule has 0 radical (unpaired) electrons. The maximum atomic E-state index is 13.6. The summed E-state index contributed by atoms with van der Waals surface area (Å²) in [5.74, 6) is -1.92. The van der Waals surface area contributed by atoms with Gasteiger partial charge in [-0.25, -0.2) is 8.78 Å². The number of carbonyl (C=O) groups excluding carboxylic acids is 1. The van der Waals surface area contributed by atoms with Crippen LogP contribution in [0.15, 0.2) is 12.1 Å². The lowest BCUT2D eigenvalue weighted by atomic mass is 10.0. The highest BCUT2D eigenvalue weighted by molar-refractivity contribution is 9.09. The molecule has 1 aliphatic carbocycles. The van der Waals surface area contributed by atoms with E-state index in [-0.39, 0.29) is 16.5 Å². The summed E-state index contributed by atoms with van der Waals surface area (Å²) in [6.07, 6.45) is 3.17. The molecule has 0 heterocycles. The van der Waals surface area contributed by atoms with Gasteiger partial charge in [-0.3, -0.25) is 4.79 Å². The van der Waals surface area contributed by atoms with Gasteiger partial charge in [0.2, 0.25) is 0 Å². The van der Waals surface area contributed by atoms with Crippen LogP contribution in [0.25, 0.3) is 0 Å². The van der Waals surface area contributed by atoms with Crippen LogP contribution in [0.2, 0.25) is 0 Å². The number of hydrogen-bond donors (Lipinski definition) is 1. The minimum atomic E-state index is -0.814. The van der Waals surface area contributed by atoms with Crippen molar-refractivity contribution in [3.8, 4) is 0 Å². The molecule has 1 amide bonds. The number of halogens is 3. The highest BCUT2D eigenvalue weighted by atomic mass is 79.9. The van der Waals surface area contributed by atoms with E-state index >= 15 is 0 Å². The van der Waals surface area contributed by atoms with Crippen molar-refractivity contribution in [1.82, 2.24) is 5.32 Å². The quantitative estimate of drug-likeness (QED) is 0.821. The fourth-order valence-corrected chi connectivity index (χ4v) is 2.93. The second-order valence-electron chi connectivity index (χ2n) is 5.20. The molecule has 0 saturated heterocycles. The van der Waals surface area contributed by atoms with Crippen molar-refractivity contribution in [3.63, 3.8) is 0 Å². The molecule has 2 nitrogen and oxygen atoms in total. The summed E-state index contributed by atoms with van der Waals surface area (Å²) in [7, 11) is 0. The number of rotatable bonds is 5. The Morgan fingerprint density at radius 1 is 1.37 bits per heavy atom. The Labute approximate surface area is 119 Å². The van der Waals surface area contributed by atoms with Crippen LogP contribution in [0, 0.1) is 24.0 Å². The highest BCUT2D eigenvalue weighted by Gasteiger charge is 2.41. The van der Waals surface area contributed by atoms with Gasteiger partial charge in [0.05, 0.1) is 5.56 Å². The summed E-state index contributed by atoms with van der Waals surface area (Å²) in [5.41, 5.74) is 0.353. The van der Waals surface area contributed by atoms with Crippen LogP contribution < -0.4 is 5.32 Å². The third-order valence-corrected chi connectivity index (χ3v) is 4.10. The fourth-order valence-electron chi connectivity index (χ4n) is 2.09. The van der Waals surface area contributed by atoms with Gasteiger partial charge in [-0.05, 0) is 43.2 Å². The summed E-state index contributed by atoms with van der Waals surface area (Å²) in [6, 6.07) is 2.01. The third kappa shape index (κ3) is 3.32. The van der Waals surface area contributed by atoms with Crippen LogP contribution >= 0.6 is 15.9 Å². The van der Waals surface area contributed by atoms with Crippen molar-refractivity contribution in [3.05, 3.63) is 34.9 Å². The molecule has 0 spiro atoms. The molecule has 0 aliphatic heterocycles. The number of amides is 1. The molecule has 1 aromatic rings. The lowest BCUT2D eigenvalue weighted by Crippen LogP contribution is -2.31. The molecule has 1 fully saturated rings. The minimum Gasteiger partial charge on any atom is -0.351 e. The normalized spacial score (nSPS) is 16.2. The number of carbonyl (C=O) groups is 1. The predicted molar refractivity (Wildman–Crippen MR) is 73.5 cm³/mol. The third-order valence-electron chi connectivity index (χ3n) is 3.70. The highest BCUT2D eigenvalue weighted by Crippen LogP contribution is 2.48. The molecule has 1 saturated carbocycles. The molecule has 1 aliphatic rings. The van der Waals surface area contributed by atoms with E-state index in [1.54, 1.807) is 0 Å². The van der Waals surface area contributed by atoms with Crippen LogP contribution in [0.3, 0.4) is 0 Å². The zero-order valence-corrected chi connectivity index (χ0v) is 12.3. The number of nitrogens with one attached hydrogen (secondary N) is 1. The number of benzene rings is 1. The van der Waals surface area contributed by atoms with Gasteiger partial charge in [-0.2, -0.15) is 0 Å². The maximum absolute atomic E-state index is 13.6. The molecule has 5 heteroatoms. The zero-order valence-electron chi connectivity index (χ0n) is 10.7. The Kier molecular flexibility index (Phi) is 4.23. The minimum absolute atomic E-state index is 0.0893. The summed E-state index contributed by atoms with van der Waals surface area (Å²) in [4.78, 5) is 11.9. The largest absolute Gasteiger partial charge is 0.351 e. The molecule has 0 unspecified atom stereocenters. The molecule has 0 bridgehead atoms. The lowest BCUT2D eigenvalue weighted by Gasteiger charge is -2.15. The molecule has 104 valence electrons. The first-order valence-electron chi connectivity index (χ1n) is 6.27. The fraction of sp³-hybridized carbons (Fsp3) is 0.500. The van der Waals surface area contributed by atoms with Gasteiger partial charge in [0, 0.05) is 17.9 Å². The van der Waals surface area contributed by atoms with Crippen molar-refractivity contribution >= 4 is 21.8 Å². The van der Waals surface area contributed by atoms with Crippen molar-refractivity contribution in [1.29, 1.82) is 0 Å². The summed E-state index contributed by atoms with van der Waals surface area (Å²) in [6.45, 7) is 2.06. The van der Waals surface area contributed by atoms with Crippen LogP contribution in [-0.2, 0) is 0 Å². The van der Waals surface area contributed by atoms with Gasteiger partial charge in [-0.1, -0.05) is 15.9 Å². The Hall–Kier alpha value is -0.970. The predicted octanol–water partition coefficient (Wildman–Crippen LogP) is 3.57. The maximum Gasteiger partial charge on any atom is 0.254 e. The van der Waals surface area contributed by atoms with Gasteiger partial charge in [0.1, 0.15) is 11.6 Å². The average Bonchev–Trinajstić information content (AvgIpc) is 3.12. The van der Waals surface area contributed by atoms with Gasteiger partial charge < -0.3 is 5.32 Å². The first-order chi connectivity index (χ1) is 8.97. The second kappa shape index (κ2) is 5.57. The van der Waals surface area contributed by atoms with E-state index in [4.69, 9.17) is 0 Å². The Balaban J connectivity index is 2.02. The number of hydrogen-bond acceptors (Lipinski definition) is 1.